The molecule has 156 valence electrons. The van der Waals surface area contributed by atoms with Gasteiger partial charge in [0.05, 0.1) is 11.4 Å². The number of phenolic OH excluding ortho intramolecular Hbond substituents is 1. The topological polar surface area (TPSA) is 75.3 Å². The van der Waals surface area contributed by atoms with Gasteiger partial charge in [-0.1, -0.05) is 53.5 Å². The van der Waals surface area contributed by atoms with Gasteiger partial charge in [0, 0.05) is 21.2 Å². The highest BCUT2D eigenvalue weighted by Gasteiger charge is 2.28. The predicted molar refractivity (Wildman–Crippen MR) is 123 cm³/mol. The first kappa shape index (κ1) is 21.0. The van der Waals surface area contributed by atoms with E-state index in [4.69, 9.17) is 23.2 Å². The molecule has 31 heavy (non-hydrogen) atoms. The molecule has 1 aromatic heterocycles. The Kier molecular flexibility index (Phi) is 5.48. The highest BCUT2D eigenvalue weighted by atomic mass is 35.5. The SMILES string of the molecule is Cc1ccccc1-c1nc(C(=O)O)c(-c2cc(Cl)ccc2O)n1-c1cc(Cl)ccc1C. The number of imidazole rings is 1. The summed E-state index contributed by atoms with van der Waals surface area (Å²) in [6.07, 6.45) is 0. The maximum Gasteiger partial charge on any atom is 0.356 e. The molecule has 4 rings (SSSR count). The first-order valence-electron chi connectivity index (χ1n) is 9.45. The average Bonchev–Trinajstić information content (AvgIpc) is 3.12. The second-order valence-electron chi connectivity index (χ2n) is 7.18. The maximum absolute atomic E-state index is 12.2. The highest BCUT2D eigenvalue weighted by molar-refractivity contribution is 6.31. The van der Waals surface area contributed by atoms with Crippen LogP contribution in [-0.2, 0) is 0 Å². The van der Waals surface area contributed by atoms with Crippen LogP contribution < -0.4 is 0 Å². The van der Waals surface area contributed by atoms with Crippen LogP contribution in [0.2, 0.25) is 10.0 Å². The summed E-state index contributed by atoms with van der Waals surface area (Å²) in [6.45, 7) is 3.82. The van der Waals surface area contributed by atoms with Crippen LogP contribution in [0.4, 0.5) is 0 Å². The van der Waals surface area contributed by atoms with Gasteiger partial charge in [-0.3, -0.25) is 4.57 Å². The Labute approximate surface area is 189 Å². The Morgan fingerprint density at radius 3 is 2.29 bits per heavy atom. The normalized spacial score (nSPS) is 11.0. The van der Waals surface area contributed by atoms with Crippen molar-refractivity contribution >= 4 is 29.2 Å². The molecule has 0 saturated carbocycles. The molecule has 0 unspecified atom stereocenters. The lowest BCUT2D eigenvalue weighted by molar-refractivity contribution is 0.0692. The number of phenols is 1. The Morgan fingerprint density at radius 1 is 0.903 bits per heavy atom. The van der Waals surface area contributed by atoms with Gasteiger partial charge >= 0.3 is 5.97 Å². The molecule has 7 heteroatoms. The zero-order valence-corrected chi connectivity index (χ0v) is 18.2. The van der Waals surface area contributed by atoms with Crippen molar-refractivity contribution in [2.24, 2.45) is 0 Å². The minimum atomic E-state index is -1.22. The molecule has 3 aromatic carbocycles. The smallest absolute Gasteiger partial charge is 0.356 e. The Balaban J connectivity index is 2.21. The van der Waals surface area contributed by atoms with Gasteiger partial charge in [-0.15, -0.1) is 0 Å². The van der Waals surface area contributed by atoms with Crippen molar-refractivity contribution in [3.63, 3.8) is 0 Å². The van der Waals surface area contributed by atoms with E-state index in [0.717, 1.165) is 16.7 Å². The quantitative estimate of drug-likeness (QED) is 0.368. The number of halogens is 2. The lowest BCUT2D eigenvalue weighted by Gasteiger charge is -2.17. The van der Waals surface area contributed by atoms with E-state index in [9.17, 15) is 15.0 Å². The van der Waals surface area contributed by atoms with Crippen LogP contribution in [0.25, 0.3) is 28.3 Å². The summed E-state index contributed by atoms with van der Waals surface area (Å²) in [5, 5.41) is 21.4. The van der Waals surface area contributed by atoms with Gasteiger partial charge in [-0.05, 0) is 55.3 Å². The van der Waals surface area contributed by atoms with E-state index >= 15 is 0 Å². The molecule has 0 saturated heterocycles. The molecule has 0 atom stereocenters. The zero-order chi connectivity index (χ0) is 22.3. The van der Waals surface area contributed by atoms with E-state index in [1.165, 1.54) is 18.2 Å². The third kappa shape index (κ3) is 3.78. The molecule has 2 N–H and O–H groups in total. The lowest BCUT2D eigenvalue weighted by Crippen LogP contribution is -2.05. The lowest BCUT2D eigenvalue weighted by atomic mass is 10.1. The van der Waals surface area contributed by atoms with Gasteiger partial charge in [-0.25, -0.2) is 9.78 Å². The van der Waals surface area contributed by atoms with E-state index in [0.29, 0.717) is 21.6 Å². The molecule has 0 aliphatic carbocycles. The minimum absolute atomic E-state index is 0.107. The number of aromatic nitrogens is 2. The van der Waals surface area contributed by atoms with Gasteiger partial charge in [0.2, 0.25) is 0 Å². The first-order valence-corrected chi connectivity index (χ1v) is 10.2. The van der Waals surface area contributed by atoms with Gasteiger partial charge in [-0.2, -0.15) is 0 Å². The summed E-state index contributed by atoms with van der Waals surface area (Å²) >= 11 is 12.5. The summed E-state index contributed by atoms with van der Waals surface area (Å²) in [5.74, 6) is -0.901. The van der Waals surface area contributed by atoms with Crippen molar-refractivity contribution in [1.29, 1.82) is 0 Å². The number of carboxylic acid groups (broad SMARTS) is 1. The molecule has 0 radical (unpaired) electrons. The van der Waals surface area contributed by atoms with Gasteiger partial charge in [0.25, 0.3) is 0 Å². The van der Waals surface area contributed by atoms with Crippen LogP contribution >= 0.6 is 23.2 Å². The number of aromatic hydroxyl groups is 1. The number of hydrogen-bond donors (Lipinski definition) is 2. The molecule has 0 aliphatic heterocycles. The van der Waals surface area contributed by atoms with Crippen molar-refractivity contribution in [2.75, 3.05) is 0 Å². The molecular formula is C24H18Cl2N2O3. The van der Waals surface area contributed by atoms with E-state index < -0.39 is 5.97 Å². The third-order valence-corrected chi connectivity index (χ3v) is 5.56. The first-order chi connectivity index (χ1) is 14.8. The second-order valence-corrected chi connectivity index (χ2v) is 8.05. The van der Waals surface area contributed by atoms with E-state index in [1.54, 1.807) is 16.7 Å². The molecule has 0 aliphatic rings. The predicted octanol–water partition coefficient (Wildman–Crippen LogP) is 6.53. The van der Waals surface area contributed by atoms with Crippen LogP contribution in [0.15, 0.2) is 60.7 Å². The molecule has 0 fully saturated rings. The number of aryl methyl sites for hydroxylation is 2. The molecule has 5 nitrogen and oxygen atoms in total. The molecule has 0 bridgehead atoms. The zero-order valence-electron chi connectivity index (χ0n) is 16.7. The highest BCUT2D eigenvalue weighted by Crippen LogP contribution is 2.40. The van der Waals surface area contributed by atoms with Gasteiger partial charge in [0.1, 0.15) is 11.6 Å². The van der Waals surface area contributed by atoms with Crippen molar-refractivity contribution < 1.29 is 15.0 Å². The van der Waals surface area contributed by atoms with Gasteiger partial charge in [0.15, 0.2) is 5.69 Å². The van der Waals surface area contributed by atoms with Gasteiger partial charge < -0.3 is 10.2 Å². The summed E-state index contributed by atoms with van der Waals surface area (Å²) < 4.78 is 1.72. The monoisotopic (exact) mass is 452 g/mol. The van der Waals surface area contributed by atoms with E-state index in [-0.39, 0.29) is 22.7 Å². The Morgan fingerprint density at radius 2 is 1.58 bits per heavy atom. The molecule has 0 spiro atoms. The number of benzene rings is 3. The average molecular weight is 453 g/mol. The number of hydrogen-bond acceptors (Lipinski definition) is 3. The van der Waals surface area contributed by atoms with Crippen LogP contribution in [0, 0.1) is 13.8 Å². The standard InChI is InChI=1S/C24H18Cl2N2O3/c1-13-5-3-4-6-17(13)23-27-21(24(30)31)22(18-11-15(25)9-10-20(18)29)28(23)19-12-16(26)8-7-14(19)2/h3-12,29H,1-2H3,(H,30,31). The Hall–Kier alpha value is -3.28. The fourth-order valence-electron chi connectivity index (χ4n) is 3.58. The molecule has 0 amide bonds. The number of rotatable bonds is 4. The molecular weight excluding hydrogens is 435 g/mol. The fourth-order valence-corrected chi connectivity index (χ4v) is 3.92. The third-order valence-electron chi connectivity index (χ3n) is 5.09. The summed E-state index contributed by atoms with van der Waals surface area (Å²) in [6, 6.07) is 17.4. The van der Waals surface area contributed by atoms with Crippen LogP contribution in [-0.4, -0.2) is 25.7 Å². The Bertz CT molecular complexity index is 1330. The number of carbonyl (C=O) groups is 1. The van der Waals surface area contributed by atoms with Crippen LogP contribution in [0.3, 0.4) is 0 Å². The molecule has 4 aromatic rings. The maximum atomic E-state index is 12.2. The number of aromatic carboxylic acids is 1. The van der Waals surface area contributed by atoms with Crippen molar-refractivity contribution in [1.82, 2.24) is 9.55 Å². The summed E-state index contributed by atoms with van der Waals surface area (Å²) in [5.41, 5.74) is 3.48. The van der Waals surface area contributed by atoms with Crippen LogP contribution in [0.1, 0.15) is 21.6 Å². The van der Waals surface area contributed by atoms with E-state index in [2.05, 4.69) is 4.98 Å². The summed E-state index contributed by atoms with van der Waals surface area (Å²) in [4.78, 5) is 16.7. The number of carboxylic acids is 1. The summed E-state index contributed by atoms with van der Waals surface area (Å²) in [7, 11) is 0. The van der Waals surface area contributed by atoms with Crippen molar-refractivity contribution in [3.05, 3.63) is 87.5 Å². The second kappa shape index (κ2) is 8.10. The fraction of sp³-hybridized carbons (Fsp3) is 0.0833. The van der Waals surface area contributed by atoms with Crippen molar-refractivity contribution in [3.8, 4) is 34.1 Å². The van der Waals surface area contributed by atoms with E-state index in [1.807, 2.05) is 44.2 Å². The molecule has 1 heterocycles. The largest absolute Gasteiger partial charge is 0.507 e. The minimum Gasteiger partial charge on any atom is -0.507 e. The number of nitrogens with zero attached hydrogens (tertiary/aromatic N) is 2. The van der Waals surface area contributed by atoms with Crippen molar-refractivity contribution in [2.45, 2.75) is 13.8 Å². The van der Waals surface area contributed by atoms with Crippen LogP contribution in [0.5, 0.6) is 5.75 Å².